The lowest BCUT2D eigenvalue weighted by Crippen LogP contribution is -2.07. The molecule has 6 heteroatoms. The van der Waals surface area contributed by atoms with E-state index in [1.54, 1.807) is 0 Å². The maximum atomic E-state index is 11.5. The number of aromatic nitrogens is 2. The minimum absolute atomic E-state index is 0.205. The smallest absolute Gasteiger partial charge is 0.150 e. The van der Waals surface area contributed by atoms with Gasteiger partial charge in [-0.1, -0.05) is 6.07 Å². The highest BCUT2D eigenvalue weighted by molar-refractivity contribution is 7.91. The van der Waals surface area contributed by atoms with E-state index in [4.69, 9.17) is 5.73 Å². The Morgan fingerprint density at radius 1 is 1.42 bits per heavy atom. The summed E-state index contributed by atoms with van der Waals surface area (Å²) in [6.07, 6.45) is 3.45. The van der Waals surface area contributed by atoms with Crippen LogP contribution in [0, 0.1) is 5.92 Å². The Morgan fingerprint density at radius 3 is 2.95 bits per heavy atom. The van der Waals surface area contributed by atoms with E-state index in [1.165, 1.54) is 0 Å². The average molecular weight is 279 g/mol. The standard InChI is InChI=1S/C13H17N3O2S/c14-7-12-2-1-3-13-15-11(8-16(12)13)6-10-4-5-19(17,18)9-10/h1-3,8,10H,4-7,9,14H2. The van der Waals surface area contributed by atoms with Crippen molar-refractivity contribution in [3.8, 4) is 0 Å². The van der Waals surface area contributed by atoms with Crippen LogP contribution in [0.1, 0.15) is 17.8 Å². The van der Waals surface area contributed by atoms with Gasteiger partial charge in [-0.25, -0.2) is 13.4 Å². The molecule has 1 atom stereocenters. The third kappa shape index (κ3) is 2.50. The molecule has 1 aliphatic rings. The fourth-order valence-corrected chi connectivity index (χ4v) is 4.57. The molecule has 1 unspecified atom stereocenters. The Hall–Kier alpha value is -1.40. The lowest BCUT2D eigenvalue weighted by molar-refractivity contribution is 0.578. The molecule has 19 heavy (non-hydrogen) atoms. The monoisotopic (exact) mass is 279 g/mol. The van der Waals surface area contributed by atoms with Crippen LogP contribution in [0.3, 0.4) is 0 Å². The summed E-state index contributed by atoms with van der Waals surface area (Å²) in [7, 11) is -2.81. The zero-order chi connectivity index (χ0) is 13.5. The number of hydrogen-bond donors (Lipinski definition) is 1. The first-order valence-electron chi connectivity index (χ1n) is 6.44. The molecule has 2 aromatic heterocycles. The van der Waals surface area contributed by atoms with E-state index in [2.05, 4.69) is 4.98 Å². The Labute approximate surface area is 112 Å². The number of nitrogens with zero attached hydrogens (tertiary/aromatic N) is 2. The number of pyridine rings is 1. The predicted molar refractivity (Wildman–Crippen MR) is 73.5 cm³/mol. The van der Waals surface area contributed by atoms with Crippen LogP contribution >= 0.6 is 0 Å². The summed E-state index contributed by atoms with van der Waals surface area (Å²) in [6.45, 7) is 0.463. The molecular weight excluding hydrogens is 262 g/mol. The highest BCUT2D eigenvalue weighted by Crippen LogP contribution is 2.22. The van der Waals surface area contributed by atoms with Gasteiger partial charge in [0.2, 0.25) is 0 Å². The van der Waals surface area contributed by atoms with E-state index in [-0.39, 0.29) is 5.92 Å². The van der Waals surface area contributed by atoms with Crippen LogP contribution in [0.5, 0.6) is 0 Å². The zero-order valence-electron chi connectivity index (χ0n) is 10.6. The molecule has 0 bridgehead atoms. The van der Waals surface area contributed by atoms with Crippen molar-refractivity contribution in [3.63, 3.8) is 0 Å². The number of nitrogens with two attached hydrogens (primary N) is 1. The van der Waals surface area contributed by atoms with Gasteiger partial charge in [0.15, 0.2) is 9.84 Å². The average Bonchev–Trinajstić information content (AvgIpc) is 2.91. The molecule has 0 amide bonds. The fraction of sp³-hybridized carbons (Fsp3) is 0.462. The van der Waals surface area contributed by atoms with E-state index < -0.39 is 9.84 Å². The molecule has 5 nitrogen and oxygen atoms in total. The number of fused-ring (bicyclic) bond motifs is 1. The van der Waals surface area contributed by atoms with Gasteiger partial charge < -0.3 is 10.1 Å². The number of rotatable bonds is 3. The third-order valence-electron chi connectivity index (χ3n) is 3.66. The number of hydrogen-bond acceptors (Lipinski definition) is 4. The predicted octanol–water partition coefficient (Wildman–Crippen LogP) is 0.770. The van der Waals surface area contributed by atoms with Crippen molar-refractivity contribution in [3.05, 3.63) is 35.8 Å². The van der Waals surface area contributed by atoms with E-state index in [0.29, 0.717) is 18.1 Å². The van der Waals surface area contributed by atoms with Gasteiger partial charge in [-0.2, -0.15) is 0 Å². The normalized spacial score (nSPS) is 22.1. The number of imidazole rings is 1. The van der Waals surface area contributed by atoms with Gasteiger partial charge in [0.25, 0.3) is 0 Å². The van der Waals surface area contributed by atoms with Crippen molar-refractivity contribution >= 4 is 15.5 Å². The summed E-state index contributed by atoms with van der Waals surface area (Å²) in [5.41, 5.74) is 8.53. The van der Waals surface area contributed by atoms with Crippen molar-refractivity contribution < 1.29 is 8.42 Å². The van der Waals surface area contributed by atoms with E-state index in [9.17, 15) is 8.42 Å². The molecule has 2 N–H and O–H groups in total. The summed E-state index contributed by atoms with van der Waals surface area (Å²) in [5.74, 6) is 0.820. The molecule has 102 valence electrons. The largest absolute Gasteiger partial charge is 0.325 e. The molecule has 0 spiro atoms. The van der Waals surface area contributed by atoms with Gasteiger partial charge >= 0.3 is 0 Å². The van der Waals surface area contributed by atoms with Gasteiger partial charge in [-0.15, -0.1) is 0 Å². The molecule has 3 rings (SSSR count). The number of sulfone groups is 1. The third-order valence-corrected chi connectivity index (χ3v) is 5.50. The first kappa shape index (κ1) is 12.6. The molecule has 1 aliphatic heterocycles. The van der Waals surface area contributed by atoms with Gasteiger partial charge in [0.1, 0.15) is 5.65 Å². The van der Waals surface area contributed by atoms with Crippen LogP contribution in [-0.4, -0.2) is 29.3 Å². The molecule has 3 heterocycles. The second kappa shape index (κ2) is 4.61. The summed E-state index contributed by atoms with van der Waals surface area (Å²) in [5, 5.41) is 0. The van der Waals surface area contributed by atoms with Crippen molar-refractivity contribution in [2.45, 2.75) is 19.4 Å². The zero-order valence-corrected chi connectivity index (χ0v) is 11.4. The lowest BCUT2D eigenvalue weighted by atomic mass is 10.0. The van der Waals surface area contributed by atoms with Gasteiger partial charge in [-0.3, -0.25) is 0 Å². The van der Waals surface area contributed by atoms with E-state index in [1.807, 2.05) is 28.8 Å². The van der Waals surface area contributed by atoms with Crippen LogP contribution in [0.4, 0.5) is 0 Å². The Morgan fingerprint density at radius 2 is 2.26 bits per heavy atom. The molecule has 1 fully saturated rings. The minimum Gasteiger partial charge on any atom is -0.325 e. The molecule has 0 saturated carbocycles. The van der Waals surface area contributed by atoms with Crippen LogP contribution in [0.15, 0.2) is 24.4 Å². The van der Waals surface area contributed by atoms with Crippen LogP contribution < -0.4 is 5.73 Å². The van der Waals surface area contributed by atoms with Crippen LogP contribution in [0.2, 0.25) is 0 Å². The van der Waals surface area contributed by atoms with Crippen molar-refractivity contribution in [1.29, 1.82) is 0 Å². The summed E-state index contributed by atoms with van der Waals surface area (Å²) < 4.78 is 24.9. The van der Waals surface area contributed by atoms with E-state index in [0.717, 1.165) is 29.9 Å². The van der Waals surface area contributed by atoms with Crippen LogP contribution in [-0.2, 0) is 22.8 Å². The molecule has 0 aliphatic carbocycles. The lowest BCUT2D eigenvalue weighted by Gasteiger charge is -2.03. The van der Waals surface area contributed by atoms with Crippen molar-refractivity contribution in [1.82, 2.24) is 9.38 Å². The maximum Gasteiger partial charge on any atom is 0.150 e. The van der Waals surface area contributed by atoms with Crippen LogP contribution in [0.25, 0.3) is 5.65 Å². The Balaban J connectivity index is 1.86. The SMILES string of the molecule is NCc1cccc2nc(CC3CCS(=O)(=O)C3)cn12. The fourth-order valence-electron chi connectivity index (χ4n) is 2.71. The van der Waals surface area contributed by atoms with Crippen molar-refractivity contribution in [2.24, 2.45) is 11.7 Å². The van der Waals surface area contributed by atoms with Gasteiger partial charge in [0, 0.05) is 18.4 Å². The minimum atomic E-state index is -2.81. The molecule has 1 saturated heterocycles. The summed E-state index contributed by atoms with van der Waals surface area (Å²) >= 11 is 0. The quantitative estimate of drug-likeness (QED) is 0.900. The Bertz CT molecular complexity index is 706. The second-order valence-corrected chi connectivity index (χ2v) is 7.38. The molecule has 0 radical (unpaired) electrons. The summed E-state index contributed by atoms with van der Waals surface area (Å²) in [4.78, 5) is 4.55. The topological polar surface area (TPSA) is 77.5 Å². The van der Waals surface area contributed by atoms with E-state index >= 15 is 0 Å². The highest BCUT2D eigenvalue weighted by Gasteiger charge is 2.28. The molecule has 0 aromatic carbocycles. The highest BCUT2D eigenvalue weighted by atomic mass is 32.2. The van der Waals surface area contributed by atoms with Crippen molar-refractivity contribution in [2.75, 3.05) is 11.5 Å². The summed E-state index contributed by atoms with van der Waals surface area (Å²) in [6, 6.07) is 5.85. The van der Waals surface area contributed by atoms with Gasteiger partial charge in [-0.05, 0) is 30.9 Å². The first-order valence-corrected chi connectivity index (χ1v) is 8.26. The van der Waals surface area contributed by atoms with Gasteiger partial charge in [0.05, 0.1) is 17.2 Å². The second-order valence-electron chi connectivity index (χ2n) is 5.15. The first-order chi connectivity index (χ1) is 9.07. The Kier molecular flexibility index (Phi) is 3.06. The molecular formula is C13H17N3O2S. The molecule has 2 aromatic rings. The maximum absolute atomic E-state index is 11.5.